The molecule has 0 bridgehead atoms. The van der Waals surface area contributed by atoms with E-state index in [4.69, 9.17) is 4.74 Å². The van der Waals surface area contributed by atoms with Gasteiger partial charge in [0.05, 0.1) is 6.61 Å². The fraction of sp³-hybridized carbons (Fsp3) is 0.600. The van der Waals surface area contributed by atoms with Crippen molar-refractivity contribution < 1.29 is 9.13 Å². The topological polar surface area (TPSA) is 21.3 Å². The van der Waals surface area contributed by atoms with Crippen molar-refractivity contribution >= 4 is 0 Å². The van der Waals surface area contributed by atoms with Gasteiger partial charge in [0.15, 0.2) is 11.6 Å². The lowest BCUT2D eigenvalue weighted by molar-refractivity contribution is 0.290. The minimum atomic E-state index is -0.269. The highest BCUT2D eigenvalue weighted by Gasteiger charge is 2.09. The maximum Gasteiger partial charge on any atom is 0.165 e. The zero-order valence-corrected chi connectivity index (χ0v) is 11.6. The number of hydrogen-bond donors (Lipinski definition) is 1. The Morgan fingerprint density at radius 1 is 1.33 bits per heavy atom. The zero-order chi connectivity index (χ0) is 13.4. The van der Waals surface area contributed by atoms with E-state index in [2.05, 4.69) is 26.1 Å². The van der Waals surface area contributed by atoms with Crippen molar-refractivity contribution in [2.45, 2.75) is 40.2 Å². The third-order valence-corrected chi connectivity index (χ3v) is 2.66. The van der Waals surface area contributed by atoms with Crippen molar-refractivity contribution in [2.75, 3.05) is 13.2 Å². The first-order chi connectivity index (χ1) is 8.65. The predicted octanol–water partition coefficient (Wildman–Crippen LogP) is 3.75. The van der Waals surface area contributed by atoms with Gasteiger partial charge in [-0.15, -0.1) is 0 Å². The molecule has 0 spiro atoms. The minimum absolute atomic E-state index is 0.269. The largest absolute Gasteiger partial charge is 0.490 e. The summed E-state index contributed by atoms with van der Waals surface area (Å²) in [7, 11) is 0. The summed E-state index contributed by atoms with van der Waals surface area (Å²) >= 11 is 0. The van der Waals surface area contributed by atoms with Crippen molar-refractivity contribution in [3.05, 3.63) is 29.6 Å². The van der Waals surface area contributed by atoms with Gasteiger partial charge >= 0.3 is 0 Å². The van der Waals surface area contributed by atoms with Crippen LogP contribution in [0.4, 0.5) is 4.39 Å². The lowest BCUT2D eigenvalue weighted by Gasteiger charge is -2.13. The summed E-state index contributed by atoms with van der Waals surface area (Å²) < 4.78 is 19.3. The molecule has 1 aromatic carbocycles. The Balaban J connectivity index is 2.61. The number of halogens is 1. The van der Waals surface area contributed by atoms with E-state index in [1.165, 1.54) is 6.07 Å². The molecular formula is C15H24FNO. The summed E-state index contributed by atoms with van der Waals surface area (Å²) in [5.41, 5.74) is 0.895. The first kappa shape index (κ1) is 15.0. The Hall–Kier alpha value is -1.09. The molecule has 0 amide bonds. The Labute approximate surface area is 110 Å². The van der Waals surface area contributed by atoms with E-state index in [-0.39, 0.29) is 5.82 Å². The van der Waals surface area contributed by atoms with Crippen molar-refractivity contribution in [3.63, 3.8) is 0 Å². The van der Waals surface area contributed by atoms with Crippen LogP contribution in [0.3, 0.4) is 0 Å². The van der Waals surface area contributed by atoms with E-state index in [9.17, 15) is 4.39 Å². The predicted molar refractivity (Wildman–Crippen MR) is 73.3 cm³/mol. The number of nitrogens with one attached hydrogen (secondary N) is 1. The second kappa shape index (κ2) is 8.09. The van der Waals surface area contributed by atoms with Gasteiger partial charge in [-0.05, 0) is 24.9 Å². The van der Waals surface area contributed by atoms with Gasteiger partial charge in [-0.1, -0.05) is 39.3 Å². The maximum atomic E-state index is 13.7. The van der Waals surface area contributed by atoms with Crippen LogP contribution < -0.4 is 10.1 Å². The van der Waals surface area contributed by atoms with E-state index in [0.29, 0.717) is 24.8 Å². The van der Waals surface area contributed by atoms with Crippen LogP contribution in [0.1, 0.15) is 39.2 Å². The second-order valence-electron chi connectivity index (χ2n) is 4.95. The molecule has 102 valence electrons. The molecule has 0 heterocycles. The highest BCUT2D eigenvalue weighted by atomic mass is 19.1. The Morgan fingerprint density at radius 3 is 2.78 bits per heavy atom. The molecule has 18 heavy (non-hydrogen) atoms. The Morgan fingerprint density at radius 2 is 2.11 bits per heavy atom. The van der Waals surface area contributed by atoms with E-state index >= 15 is 0 Å². The molecule has 0 atom stereocenters. The second-order valence-corrected chi connectivity index (χ2v) is 4.95. The average Bonchev–Trinajstić information content (AvgIpc) is 2.32. The van der Waals surface area contributed by atoms with E-state index in [0.717, 1.165) is 24.9 Å². The normalized spacial score (nSPS) is 10.9. The molecule has 3 heteroatoms. The molecule has 2 nitrogen and oxygen atoms in total. The third kappa shape index (κ3) is 5.05. The van der Waals surface area contributed by atoms with Gasteiger partial charge in [0.25, 0.3) is 0 Å². The number of rotatable bonds is 8. The molecule has 0 fully saturated rings. The summed E-state index contributed by atoms with van der Waals surface area (Å²) in [6.45, 7) is 8.54. The van der Waals surface area contributed by atoms with Gasteiger partial charge in [-0.25, -0.2) is 4.39 Å². The maximum absolute atomic E-state index is 13.7. The fourth-order valence-electron chi connectivity index (χ4n) is 1.67. The molecule has 0 saturated carbocycles. The highest BCUT2D eigenvalue weighted by molar-refractivity contribution is 5.34. The molecule has 1 rings (SSSR count). The van der Waals surface area contributed by atoms with Crippen LogP contribution in [0.5, 0.6) is 5.75 Å². The number of unbranched alkanes of at least 4 members (excludes halogenated alkanes) is 1. The molecular weight excluding hydrogens is 229 g/mol. The van der Waals surface area contributed by atoms with Gasteiger partial charge in [0.1, 0.15) is 0 Å². The lowest BCUT2D eigenvalue weighted by atomic mass is 10.1. The standard InChI is InChI=1S/C15H24FNO/c1-4-5-9-18-15-13(7-6-8-14(15)16)11-17-10-12(2)3/h6-8,12,17H,4-5,9-11H2,1-3H3. The average molecular weight is 253 g/mol. The van der Waals surface area contributed by atoms with Crippen LogP contribution in [-0.2, 0) is 6.54 Å². The SMILES string of the molecule is CCCCOc1c(F)cccc1CNCC(C)C. The molecule has 0 aromatic heterocycles. The summed E-state index contributed by atoms with van der Waals surface area (Å²) in [5.74, 6) is 0.722. The molecule has 0 aliphatic heterocycles. The Kier molecular flexibility index (Phi) is 6.73. The van der Waals surface area contributed by atoms with Gasteiger partial charge in [0, 0.05) is 12.1 Å². The van der Waals surface area contributed by atoms with Crippen molar-refractivity contribution in [1.29, 1.82) is 0 Å². The van der Waals surface area contributed by atoms with Crippen molar-refractivity contribution in [3.8, 4) is 5.75 Å². The number of hydrogen-bond acceptors (Lipinski definition) is 2. The quantitative estimate of drug-likeness (QED) is 0.712. The van der Waals surface area contributed by atoms with Crippen molar-refractivity contribution in [1.82, 2.24) is 5.32 Å². The number of ether oxygens (including phenoxy) is 1. The molecule has 0 unspecified atom stereocenters. The lowest BCUT2D eigenvalue weighted by Crippen LogP contribution is -2.19. The third-order valence-electron chi connectivity index (χ3n) is 2.66. The molecule has 0 aliphatic rings. The summed E-state index contributed by atoms with van der Waals surface area (Å²) in [6.07, 6.45) is 2.00. The van der Waals surface area contributed by atoms with Crippen LogP contribution in [0, 0.1) is 11.7 Å². The van der Waals surface area contributed by atoms with E-state index in [1.54, 1.807) is 6.07 Å². The van der Waals surface area contributed by atoms with Crippen molar-refractivity contribution in [2.24, 2.45) is 5.92 Å². The van der Waals surface area contributed by atoms with Crippen LogP contribution in [0.25, 0.3) is 0 Å². The van der Waals surface area contributed by atoms with Crippen LogP contribution in [-0.4, -0.2) is 13.2 Å². The summed E-state index contributed by atoms with van der Waals surface area (Å²) in [4.78, 5) is 0. The van der Waals surface area contributed by atoms with E-state index in [1.807, 2.05) is 6.07 Å². The molecule has 1 N–H and O–H groups in total. The Bertz CT molecular complexity index is 352. The highest BCUT2D eigenvalue weighted by Crippen LogP contribution is 2.22. The van der Waals surface area contributed by atoms with Crippen LogP contribution >= 0.6 is 0 Å². The number of benzene rings is 1. The van der Waals surface area contributed by atoms with E-state index < -0.39 is 0 Å². The molecule has 1 aromatic rings. The molecule has 0 saturated heterocycles. The monoisotopic (exact) mass is 253 g/mol. The zero-order valence-electron chi connectivity index (χ0n) is 11.6. The van der Waals surface area contributed by atoms with Crippen LogP contribution in [0.2, 0.25) is 0 Å². The summed E-state index contributed by atoms with van der Waals surface area (Å²) in [6, 6.07) is 5.10. The number of para-hydroxylation sites is 1. The fourth-order valence-corrected chi connectivity index (χ4v) is 1.67. The molecule has 0 radical (unpaired) electrons. The van der Waals surface area contributed by atoms with Crippen LogP contribution in [0.15, 0.2) is 18.2 Å². The van der Waals surface area contributed by atoms with Gasteiger partial charge in [0.2, 0.25) is 0 Å². The smallest absolute Gasteiger partial charge is 0.165 e. The van der Waals surface area contributed by atoms with Gasteiger partial charge in [-0.2, -0.15) is 0 Å². The first-order valence-electron chi connectivity index (χ1n) is 6.76. The van der Waals surface area contributed by atoms with Gasteiger partial charge < -0.3 is 10.1 Å². The first-order valence-corrected chi connectivity index (χ1v) is 6.76. The van der Waals surface area contributed by atoms with Gasteiger partial charge in [-0.3, -0.25) is 0 Å². The molecule has 0 aliphatic carbocycles. The minimum Gasteiger partial charge on any atom is -0.490 e. The summed E-state index contributed by atoms with van der Waals surface area (Å²) in [5, 5.41) is 3.31.